The average molecular weight is 183 g/mol. The first-order valence-electron chi connectivity index (χ1n) is 4.02. The van der Waals surface area contributed by atoms with E-state index in [2.05, 4.69) is 15.5 Å². The second-order valence-electron chi connectivity index (χ2n) is 3.05. The SMILES string of the molecule is O=C(O)c1noc(CC2CNC2)n1. The number of carboxylic acids is 1. The van der Waals surface area contributed by atoms with E-state index in [1.54, 1.807) is 0 Å². The molecule has 2 heterocycles. The van der Waals surface area contributed by atoms with Crippen LogP contribution in [0.1, 0.15) is 16.5 Å². The van der Waals surface area contributed by atoms with Crippen molar-refractivity contribution in [2.75, 3.05) is 13.1 Å². The highest BCUT2D eigenvalue weighted by Gasteiger charge is 2.21. The highest BCUT2D eigenvalue weighted by molar-refractivity contribution is 5.82. The Morgan fingerprint density at radius 2 is 2.46 bits per heavy atom. The standard InChI is InChI=1S/C7H9N3O3/c11-7(12)6-9-5(13-10-6)1-4-2-8-3-4/h4,8H,1-3H2,(H,11,12). The maximum absolute atomic E-state index is 10.4. The summed E-state index contributed by atoms with van der Waals surface area (Å²) in [5, 5.41) is 14.9. The van der Waals surface area contributed by atoms with E-state index in [9.17, 15) is 4.79 Å². The Bertz CT molecular complexity index is 319. The maximum atomic E-state index is 10.4. The Morgan fingerprint density at radius 1 is 1.69 bits per heavy atom. The first-order valence-corrected chi connectivity index (χ1v) is 4.02. The lowest BCUT2D eigenvalue weighted by Crippen LogP contribution is -2.43. The van der Waals surface area contributed by atoms with Gasteiger partial charge in [-0.3, -0.25) is 0 Å². The molecule has 6 heteroatoms. The van der Waals surface area contributed by atoms with Crippen LogP contribution < -0.4 is 5.32 Å². The van der Waals surface area contributed by atoms with Crippen molar-refractivity contribution < 1.29 is 14.4 Å². The van der Waals surface area contributed by atoms with Gasteiger partial charge in [0.05, 0.1) is 0 Å². The van der Waals surface area contributed by atoms with Gasteiger partial charge in [-0.05, 0) is 24.2 Å². The van der Waals surface area contributed by atoms with Crippen LogP contribution in [0.2, 0.25) is 0 Å². The second-order valence-corrected chi connectivity index (χ2v) is 3.05. The van der Waals surface area contributed by atoms with Crippen molar-refractivity contribution in [2.45, 2.75) is 6.42 Å². The predicted octanol–water partition coefficient (Wildman–Crippen LogP) is -0.470. The lowest BCUT2D eigenvalue weighted by atomic mass is 10.00. The zero-order chi connectivity index (χ0) is 9.26. The molecular formula is C7H9N3O3. The number of hydrogen-bond donors (Lipinski definition) is 2. The molecule has 1 aliphatic heterocycles. The molecule has 0 aliphatic carbocycles. The lowest BCUT2D eigenvalue weighted by molar-refractivity contribution is 0.0680. The summed E-state index contributed by atoms with van der Waals surface area (Å²) in [5.41, 5.74) is 0. The van der Waals surface area contributed by atoms with Gasteiger partial charge < -0.3 is 14.9 Å². The van der Waals surface area contributed by atoms with Crippen molar-refractivity contribution in [1.29, 1.82) is 0 Å². The number of aromatic nitrogens is 2. The minimum atomic E-state index is -1.15. The summed E-state index contributed by atoms with van der Waals surface area (Å²) in [6.07, 6.45) is 0.660. The van der Waals surface area contributed by atoms with Crippen LogP contribution in [0, 0.1) is 5.92 Å². The summed E-state index contributed by atoms with van der Waals surface area (Å²) < 4.78 is 4.76. The van der Waals surface area contributed by atoms with E-state index in [1.165, 1.54) is 0 Å². The van der Waals surface area contributed by atoms with Crippen LogP contribution in [-0.4, -0.2) is 34.3 Å². The zero-order valence-corrected chi connectivity index (χ0v) is 6.86. The molecule has 1 fully saturated rings. The van der Waals surface area contributed by atoms with Gasteiger partial charge >= 0.3 is 5.97 Å². The fourth-order valence-corrected chi connectivity index (χ4v) is 1.16. The summed E-state index contributed by atoms with van der Waals surface area (Å²) in [6, 6.07) is 0. The summed E-state index contributed by atoms with van der Waals surface area (Å²) in [4.78, 5) is 14.1. The monoisotopic (exact) mass is 183 g/mol. The molecule has 0 spiro atoms. The molecular weight excluding hydrogens is 174 g/mol. The molecule has 70 valence electrons. The van der Waals surface area contributed by atoms with Gasteiger partial charge in [0.1, 0.15) is 0 Å². The second kappa shape index (κ2) is 3.14. The van der Waals surface area contributed by atoms with E-state index in [-0.39, 0.29) is 5.82 Å². The van der Waals surface area contributed by atoms with Gasteiger partial charge in [-0.1, -0.05) is 0 Å². The summed E-state index contributed by atoms with van der Waals surface area (Å²) in [5.74, 6) is -0.505. The number of carbonyl (C=O) groups is 1. The highest BCUT2D eigenvalue weighted by atomic mass is 16.5. The molecule has 0 unspecified atom stereocenters. The van der Waals surface area contributed by atoms with Gasteiger partial charge in [0, 0.05) is 6.42 Å². The first-order chi connectivity index (χ1) is 6.25. The van der Waals surface area contributed by atoms with E-state index in [0.29, 0.717) is 18.2 Å². The molecule has 0 bridgehead atoms. The number of carboxylic acid groups (broad SMARTS) is 1. The fourth-order valence-electron chi connectivity index (χ4n) is 1.16. The largest absolute Gasteiger partial charge is 0.475 e. The average Bonchev–Trinajstić information content (AvgIpc) is 2.44. The molecule has 0 radical (unpaired) electrons. The third-order valence-corrected chi connectivity index (χ3v) is 1.99. The van der Waals surface area contributed by atoms with Gasteiger partial charge in [0.2, 0.25) is 5.89 Å². The molecule has 2 rings (SSSR count). The minimum Gasteiger partial charge on any atom is -0.475 e. The van der Waals surface area contributed by atoms with Crippen molar-refractivity contribution in [3.63, 3.8) is 0 Å². The molecule has 0 amide bonds. The number of hydrogen-bond acceptors (Lipinski definition) is 5. The maximum Gasteiger partial charge on any atom is 0.377 e. The normalized spacial score (nSPS) is 16.9. The molecule has 1 aromatic rings. The summed E-state index contributed by atoms with van der Waals surface area (Å²) >= 11 is 0. The molecule has 6 nitrogen and oxygen atoms in total. The van der Waals surface area contributed by atoms with Crippen molar-refractivity contribution >= 4 is 5.97 Å². The van der Waals surface area contributed by atoms with Gasteiger partial charge in [-0.15, -0.1) is 0 Å². The summed E-state index contributed by atoms with van der Waals surface area (Å²) in [7, 11) is 0. The van der Waals surface area contributed by atoms with E-state index < -0.39 is 5.97 Å². The minimum absolute atomic E-state index is 0.262. The Hall–Kier alpha value is -1.43. The predicted molar refractivity (Wildman–Crippen MR) is 41.3 cm³/mol. The summed E-state index contributed by atoms with van der Waals surface area (Å²) in [6.45, 7) is 1.87. The molecule has 0 saturated carbocycles. The van der Waals surface area contributed by atoms with Gasteiger partial charge in [0.25, 0.3) is 5.82 Å². The molecule has 0 aromatic carbocycles. The van der Waals surface area contributed by atoms with Crippen LogP contribution in [-0.2, 0) is 6.42 Å². The smallest absolute Gasteiger partial charge is 0.377 e. The van der Waals surface area contributed by atoms with E-state index in [1.807, 2.05) is 0 Å². The number of nitrogens with zero attached hydrogens (tertiary/aromatic N) is 2. The molecule has 1 aromatic heterocycles. The van der Waals surface area contributed by atoms with Crippen LogP contribution in [0.4, 0.5) is 0 Å². The van der Waals surface area contributed by atoms with Crippen LogP contribution in [0.25, 0.3) is 0 Å². The Kier molecular flexibility index (Phi) is 1.97. The Morgan fingerprint density at radius 3 is 2.92 bits per heavy atom. The van der Waals surface area contributed by atoms with E-state index in [4.69, 9.17) is 9.63 Å². The number of rotatable bonds is 3. The Balaban J connectivity index is 2.00. The van der Waals surface area contributed by atoms with E-state index in [0.717, 1.165) is 13.1 Å². The lowest BCUT2D eigenvalue weighted by Gasteiger charge is -2.25. The topological polar surface area (TPSA) is 88.2 Å². The molecule has 0 atom stereocenters. The fraction of sp³-hybridized carbons (Fsp3) is 0.571. The van der Waals surface area contributed by atoms with Crippen LogP contribution >= 0.6 is 0 Å². The zero-order valence-electron chi connectivity index (χ0n) is 6.86. The number of nitrogens with one attached hydrogen (secondary N) is 1. The van der Waals surface area contributed by atoms with Crippen LogP contribution in [0.15, 0.2) is 4.52 Å². The van der Waals surface area contributed by atoms with Crippen molar-refractivity contribution in [1.82, 2.24) is 15.5 Å². The van der Waals surface area contributed by atoms with Gasteiger partial charge in [0.15, 0.2) is 0 Å². The van der Waals surface area contributed by atoms with Crippen molar-refractivity contribution in [3.05, 3.63) is 11.7 Å². The van der Waals surface area contributed by atoms with Gasteiger partial charge in [-0.2, -0.15) is 4.98 Å². The first kappa shape index (κ1) is 8.18. The molecule has 1 aliphatic rings. The highest BCUT2D eigenvalue weighted by Crippen LogP contribution is 2.10. The van der Waals surface area contributed by atoms with Crippen molar-refractivity contribution in [3.8, 4) is 0 Å². The Labute approximate surface area is 73.9 Å². The molecule has 1 saturated heterocycles. The third kappa shape index (κ3) is 1.67. The molecule has 2 N–H and O–H groups in total. The van der Waals surface area contributed by atoms with Crippen molar-refractivity contribution in [2.24, 2.45) is 5.92 Å². The van der Waals surface area contributed by atoms with Crippen LogP contribution in [0.5, 0.6) is 0 Å². The molecule has 13 heavy (non-hydrogen) atoms. The third-order valence-electron chi connectivity index (χ3n) is 1.99. The van der Waals surface area contributed by atoms with Crippen LogP contribution in [0.3, 0.4) is 0 Å². The number of aromatic carboxylic acids is 1. The van der Waals surface area contributed by atoms with Gasteiger partial charge in [-0.25, -0.2) is 4.79 Å². The van der Waals surface area contributed by atoms with E-state index >= 15 is 0 Å². The quantitative estimate of drug-likeness (QED) is 0.658.